The van der Waals surface area contributed by atoms with Crippen LogP contribution in [0.25, 0.3) is 22.2 Å². The Morgan fingerprint density at radius 1 is 1.15 bits per heavy atom. The fraction of sp³-hybridized carbons (Fsp3) is 0.360. The molecule has 1 aliphatic rings. The molecule has 4 heterocycles. The van der Waals surface area contributed by atoms with Crippen LogP contribution in [0.3, 0.4) is 0 Å². The zero-order valence-electron chi connectivity index (χ0n) is 19.6. The summed E-state index contributed by atoms with van der Waals surface area (Å²) in [6, 6.07) is 9.50. The highest BCUT2D eigenvalue weighted by Crippen LogP contribution is 2.57. The number of aromatic nitrogens is 4. The van der Waals surface area contributed by atoms with E-state index in [-0.39, 0.29) is 16.7 Å². The van der Waals surface area contributed by atoms with Crippen molar-refractivity contribution in [1.29, 1.82) is 5.26 Å². The molecule has 1 atom stereocenters. The van der Waals surface area contributed by atoms with Crippen molar-refractivity contribution in [1.82, 2.24) is 18.7 Å². The Labute approximate surface area is 195 Å². The lowest BCUT2D eigenvalue weighted by Crippen LogP contribution is -2.40. The van der Waals surface area contributed by atoms with Gasteiger partial charge in [0, 0.05) is 37.3 Å². The maximum atomic E-state index is 13.5. The first-order valence-corrected chi connectivity index (χ1v) is 11.7. The number of fused-ring (bicyclic) bond motifs is 3. The van der Waals surface area contributed by atoms with E-state index in [0.717, 1.165) is 32.2 Å². The molecule has 1 aliphatic heterocycles. The van der Waals surface area contributed by atoms with Crippen molar-refractivity contribution in [2.75, 3.05) is 0 Å². The van der Waals surface area contributed by atoms with Crippen LogP contribution in [0.2, 0.25) is 0 Å². The maximum Gasteiger partial charge on any atom is 0.331 e. The van der Waals surface area contributed by atoms with E-state index in [1.807, 2.05) is 30.5 Å². The second-order valence-electron chi connectivity index (χ2n) is 9.71. The normalized spacial score (nSPS) is 19.1. The van der Waals surface area contributed by atoms with Crippen LogP contribution in [-0.2, 0) is 26.1 Å². The Kier molecular flexibility index (Phi) is 4.40. The lowest BCUT2D eigenvalue weighted by atomic mass is 9.67. The summed E-state index contributed by atoms with van der Waals surface area (Å²) >= 11 is 1.61. The van der Waals surface area contributed by atoms with Crippen LogP contribution in [0.4, 0.5) is 0 Å². The van der Waals surface area contributed by atoms with Gasteiger partial charge in [-0.25, -0.2) is 9.78 Å². The lowest BCUT2D eigenvalue weighted by Gasteiger charge is -2.36. The molecule has 0 saturated heterocycles. The number of thiazole rings is 1. The standard InChI is InChI=1S/C25H25N5O2S/c1-14-12-33-22(27-14)25(4)20-19-17(21(31)29(6)23(32)28(19)5)18(30(20)13-24(25,2)3)16-9-7-8-15(10-16)11-26/h7-10,12H,13H2,1-6H3/t25-/m0/s1. The van der Waals surface area contributed by atoms with Gasteiger partial charge in [0.1, 0.15) is 5.01 Å². The topological polar surface area (TPSA) is 85.6 Å². The zero-order chi connectivity index (χ0) is 23.9. The Morgan fingerprint density at radius 3 is 2.52 bits per heavy atom. The van der Waals surface area contributed by atoms with Crippen LogP contribution < -0.4 is 11.2 Å². The van der Waals surface area contributed by atoms with Crippen molar-refractivity contribution in [3.8, 4) is 17.3 Å². The first kappa shape index (κ1) is 21.4. The number of aryl methyl sites for hydroxylation is 2. The second kappa shape index (κ2) is 6.78. The SMILES string of the molecule is Cc1csc([C@]2(C)c3c4c(c(-c5cccc(C#N)c5)n3CC2(C)C)c(=O)n(C)c(=O)n4C)n1. The molecule has 0 aliphatic carbocycles. The average molecular weight is 460 g/mol. The van der Waals surface area contributed by atoms with Crippen LogP contribution in [0, 0.1) is 23.7 Å². The highest BCUT2D eigenvalue weighted by atomic mass is 32.1. The van der Waals surface area contributed by atoms with E-state index < -0.39 is 5.41 Å². The molecule has 0 N–H and O–H groups in total. The van der Waals surface area contributed by atoms with Gasteiger partial charge in [-0.1, -0.05) is 26.0 Å². The molecular weight excluding hydrogens is 434 g/mol. The van der Waals surface area contributed by atoms with E-state index in [0.29, 0.717) is 23.0 Å². The van der Waals surface area contributed by atoms with E-state index in [1.54, 1.807) is 29.0 Å². The quantitative estimate of drug-likeness (QED) is 0.458. The van der Waals surface area contributed by atoms with Crippen LogP contribution in [0.5, 0.6) is 0 Å². The summed E-state index contributed by atoms with van der Waals surface area (Å²) in [6.45, 7) is 9.21. The molecule has 33 heavy (non-hydrogen) atoms. The van der Waals surface area contributed by atoms with Gasteiger partial charge in [-0.05, 0) is 31.4 Å². The van der Waals surface area contributed by atoms with E-state index in [4.69, 9.17) is 4.98 Å². The van der Waals surface area contributed by atoms with Crippen molar-refractivity contribution < 1.29 is 0 Å². The smallest absolute Gasteiger partial charge is 0.331 e. The number of benzene rings is 1. The Bertz CT molecular complexity index is 1630. The molecular formula is C25H25N5O2S. The fourth-order valence-electron chi connectivity index (χ4n) is 5.26. The van der Waals surface area contributed by atoms with E-state index in [2.05, 4.69) is 31.4 Å². The summed E-state index contributed by atoms with van der Waals surface area (Å²) in [6.07, 6.45) is 0. The average Bonchev–Trinajstić information content (AvgIpc) is 3.42. The molecule has 7 nitrogen and oxygen atoms in total. The van der Waals surface area contributed by atoms with Crippen molar-refractivity contribution in [3.63, 3.8) is 0 Å². The molecule has 0 amide bonds. The van der Waals surface area contributed by atoms with Gasteiger partial charge >= 0.3 is 5.69 Å². The number of nitrogens with zero attached hydrogens (tertiary/aromatic N) is 5. The van der Waals surface area contributed by atoms with Gasteiger partial charge in [0.15, 0.2) is 0 Å². The van der Waals surface area contributed by atoms with Crippen LogP contribution >= 0.6 is 11.3 Å². The number of hydrogen-bond acceptors (Lipinski definition) is 5. The summed E-state index contributed by atoms with van der Waals surface area (Å²) in [4.78, 5) is 31.4. The minimum absolute atomic E-state index is 0.237. The third kappa shape index (κ3) is 2.63. The Balaban J connectivity index is 2.04. The van der Waals surface area contributed by atoms with Gasteiger partial charge < -0.3 is 4.57 Å². The van der Waals surface area contributed by atoms with Crippen LogP contribution in [-0.4, -0.2) is 18.7 Å². The highest BCUT2D eigenvalue weighted by molar-refractivity contribution is 7.09. The first-order valence-electron chi connectivity index (χ1n) is 10.8. The molecule has 8 heteroatoms. The van der Waals surface area contributed by atoms with Crippen molar-refractivity contribution in [2.45, 2.75) is 39.7 Å². The second-order valence-corrected chi connectivity index (χ2v) is 10.6. The minimum Gasteiger partial charge on any atom is -0.341 e. The largest absolute Gasteiger partial charge is 0.341 e. The van der Waals surface area contributed by atoms with Gasteiger partial charge in [0.05, 0.1) is 39.3 Å². The third-order valence-electron chi connectivity index (χ3n) is 7.36. The predicted octanol–water partition coefficient (Wildman–Crippen LogP) is 3.69. The molecule has 0 radical (unpaired) electrons. The van der Waals surface area contributed by atoms with Gasteiger partial charge in [0.25, 0.3) is 5.56 Å². The number of hydrogen-bond donors (Lipinski definition) is 0. The molecule has 5 rings (SSSR count). The first-order chi connectivity index (χ1) is 15.5. The fourth-order valence-corrected chi connectivity index (χ4v) is 6.40. The molecule has 168 valence electrons. The molecule has 0 bridgehead atoms. The number of rotatable bonds is 2. The molecule has 0 spiro atoms. The Morgan fingerprint density at radius 2 is 1.88 bits per heavy atom. The molecule has 1 aromatic carbocycles. The summed E-state index contributed by atoms with van der Waals surface area (Å²) in [5.74, 6) is 0. The molecule has 4 aromatic rings. The van der Waals surface area contributed by atoms with Gasteiger partial charge in [0.2, 0.25) is 0 Å². The molecule has 0 unspecified atom stereocenters. The van der Waals surface area contributed by atoms with Gasteiger partial charge in [-0.3, -0.25) is 13.9 Å². The molecule has 0 saturated carbocycles. The van der Waals surface area contributed by atoms with Gasteiger partial charge in [-0.15, -0.1) is 11.3 Å². The number of nitriles is 1. The Hall–Kier alpha value is -3.44. The summed E-state index contributed by atoms with van der Waals surface area (Å²) in [7, 11) is 3.23. The van der Waals surface area contributed by atoms with Crippen LogP contribution in [0.15, 0.2) is 39.2 Å². The predicted molar refractivity (Wildman–Crippen MR) is 130 cm³/mol. The third-order valence-corrected chi connectivity index (χ3v) is 8.54. The van der Waals surface area contributed by atoms with E-state index >= 15 is 0 Å². The lowest BCUT2D eigenvalue weighted by molar-refractivity contribution is 0.236. The van der Waals surface area contributed by atoms with E-state index in [9.17, 15) is 14.9 Å². The summed E-state index contributed by atoms with van der Waals surface area (Å²) in [5, 5.41) is 13.0. The maximum absolute atomic E-state index is 13.5. The monoisotopic (exact) mass is 459 g/mol. The van der Waals surface area contributed by atoms with Crippen LogP contribution in [0.1, 0.15) is 42.7 Å². The van der Waals surface area contributed by atoms with Gasteiger partial charge in [-0.2, -0.15) is 5.26 Å². The summed E-state index contributed by atoms with van der Waals surface area (Å²) < 4.78 is 4.92. The molecule has 3 aromatic heterocycles. The summed E-state index contributed by atoms with van der Waals surface area (Å²) in [5.41, 5.74) is 3.12. The van der Waals surface area contributed by atoms with Crippen molar-refractivity contribution in [3.05, 3.63) is 72.4 Å². The van der Waals surface area contributed by atoms with Crippen molar-refractivity contribution >= 4 is 22.2 Å². The van der Waals surface area contributed by atoms with Crippen molar-refractivity contribution in [2.24, 2.45) is 19.5 Å². The highest BCUT2D eigenvalue weighted by Gasteiger charge is 2.55. The zero-order valence-corrected chi connectivity index (χ0v) is 20.4. The minimum atomic E-state index is -0.522. The van der Waals surface area contributed by atoms with E-state index in [1.165, 1.54) is 7.05 Å². The molecule has 0 fully saturated rings.